The zero-order valence-corrected chi connectivity index (χ0v) is 12.1. The van der Waals surface area contributed by atoms with Crippen molar-refractivity contribution in [2.75, 3.05) is 45.2 Å². The van der Waals surface area contributed by atoms with Crippen molar-refractivity contribution in [1.82, 2.24) is 4.90 Å². The van der Waals surface area contributed by atoms with E-state index < -0.39 is 0 Å². The van der Waals surface area contributed by atoms with E-state index >= 15 is 0 Å². The zero-order valence-electron chi connectivity index (χ0n) is 12.1. The molecule has 18 heavy (non-hydrogen) atoms. The number of anilines is 1. The molecule has 0 amide bonds. The summed E-state index contributed by atoms with van der Waals surface area (Å²) in [6, 6.07) is 8.23. The van der Waals surface area contributed by atoms with Crippen LogP contribution in [0.1, 0.15) is 20.3 Å². The van der Waals surface area contributed by atoms with Crippen molar-refractivity contribution >= 4 is 5.69 Å². The minimum atomic E-state index is 0.974. The molecule has 1 heterocycles. The van der Waals surface area contributed by atoms with Gasteiger partial charge in [-0.15, -0.1) is 0 Å². The molecule has 0 bridgehead atoms. The van der Waals surface area contributed by atoms with E-state index in [2.05, 4.69) is 42.8 Å². The highest BCUT2D eigenvalue weighted by Gasteiger charge is 2.16. The molecule has 0 radical (unpaired) electrons. The highest BCUT2D eigenvalue weighted by Crippen LogP contribution is 2.27. The molecule has 1 aromatic carbocycles. The summed E-state index contributed by atoms with van der Waals surface area (Å²) in [5, 5.41) is 0. The summed E-state index contributed by atoms with van der Waals surface area (Å²) in [5.74, 6) is 0.974. The van der Waals surface area contributed by atoms with Crippen LogP contribution in [-0.4, -0.2) is 45.2 Å². The maximum absolute atomic E-state index is 5.37. The largest absolute Gasteiger partial charge is 0.495 e. The number of piperazine rings is 1. The van der Waals surface area contributed by atoms with Crippen molar-refractivity contribution in [1.29, 1.82) is 0 Å². The average molecular weight is 250 g/mol. The summed E-state index contributed by atoms with van der Waals surface area (Å²) in [5.41, 5.74) is 1.22. The van der Waals surface area contributed by atoms with Gasteiger partial charge in [-0.25, -0.2) is 0 Å². The molecule has 0 saturated carbocycles. The number of ether oxygens (including phenoxy) is 1. The lowest BCUT2D eigenvalue weighted by Crippen LogP contribution is -2.44. The van der Waals surface area contributed by atoms with Gasteiger partial charge in [-0.1, -0.05) is 32.4 Å². The highest BCUT2D eigenvalue weighted by atomic mass is 16.5. The monoisotopic (exact) mass is 250 g/mol. The van der Waals surface area contributed by atoms with Gasteiger partial charge in [0.2, 0.25) is 0 Å². The van der Waals surface area contributed by atoms with Gasteiger partial charge < -0.3 is 14.5 Å². The Balaban J connectivity index is 0.000000492. The average Bonchev–Trinajstić information content (AvgIpc) is 2.40. The Hall–Kier alpha value is -1.22. The van der Waals surface area contributed by atoms with Gasteiger partial charge in [-0.05, 0) is 19.2 Å². The van der Waals surface area contributed by atoms with Crippen LogP contribution in [0.5, 0.6) is 5.75 Å². The predicted octanol–water partition coefficient (Wildman–Crippen LogP) is 2.86. The van der Waals surface area contributed by atoms with E-state index in [9.17, 15) is 0 Å². The molecule has 0 aliphatic carbocycles. The third-order valence-corrected chi connectivity index (χ3v) is 2.93. The molecule has 3 nitrogen and oxygen atoms in total. The topological polar surface area (TPSA) is 15.7 Å². The van der Waals surface area contributed by atoms with Gasteiger partial charge in [-0.2, -0.15) is 0 Å². The Morgan fingerprint density at radius 2 is 1.61 bits per heavy atom. The van der Waals surface area contributed by atoms with Gasteiger partial charge in [0.15, 0.2) is 0 Å². The zero-order chi connectivity index (χ0) is 13.4. The molecule has 3 heteroatoms. The van der Waals surface area contributed by atoms with Crippen LogP contribution < -0.4 is 9.64 Å². The van der Waals surface area contributed by atoms with Gasteiger partial charge in [0, 0.05) is 26.2 Å². The molecule has 1 fully saturated rings. The molecule has 0 N–H and O–H groups in total. The van der Waals surface area contributed by atoms with Gasteiger partial charge >= 0.3 is 0 Å². The van der Waals surface area contributed by atoms with Gasteiger partial charge in [0.25, 0.3) is 0 Å². The van der Waals surface area contributed by atoms with E-state index in [-0.39, 0.29) is 0 Å². The maximum atomic E-state index is 5.37. The predicted molar refractivity (Wildman–Crippen MR) is 78.7 cm³/mol. The Morgan fingerprint density at radius 3 is 2.17 bits per heavy atom. The van der Waals surface area contributed by atoms with Crippen molar-refractivity contribution < 1.29 is 4.74 Å². The summed E-state index contributed by atoms with van der Waals surface area (Å²) in [6.07, 6.45) is 1.25. The van der Waals surface area contributed by atoms with E-state index in [4.69, 9.17) is 4.74 Å². The van der Waals surface area contributed by atoms with Crippen LogP contribution in [0.2, 0.25) is 0 Å². The fraction of sp³-hybridized carbons (Fsp3) is 0.600. The molecule has 0 aromatic heterocycles. The molecule has 1 aliphatic rings. The number of hydrogen-bond acceptors (Lipinski definition) is 3. The fourth-order valence-electron chi connectivity index (χ4n) is 1.94. The second-order valence-corrected chi connectivity index (χ2v) is 4.67. The normalized spacial score (nSPS) is 15.9. The SMILES string of the molecule is CCC.COc1ccccc1N1CCN(C)CC1. The van der Waals surface area contributed by atoms with Crippen LogP contribution in [0.25, 0.3) is 0 Å². The Bertz CT molecular complexity index is 333. The lowest BCUT2D eigenvalue weighted by Gasteiger charge is -2.34. The molecule has 102 valence electrons. The molecule has 1 saturated heterocycles. The summed E-state index contributed by atoms with van der Waals surface area (Å²) in [7, 11) is 3.90. The van der Waals surface area contributed by atoms with Gasteiger partial charge in [0.1, 0.15) is 5.75 Å². The third kappa shape index (κ3) is 4.22. The first-order valence-corrected chi connectivity index (χ1v) is 6.79. The molecule has 0 unspecified atom stereocenters. The van der Waals surface area contributed by atoms with Crippen molar-refractivity contribution in [3.63, 3.8) is 0 Å². The van der Waals surface area contributed by atoms with Crippen LogP contribution in [-0.2, 0) is 0 Å². The lowest BCUT2D eigenvalue weighted by molar-refractivity contribution is 0.311. The summed E-state index contributed by atoms with van der Waals surface area (Å²) >= 11 is 0. The van der Waals surface area contributed by atoms with Crippen LogP contribution in [0.3, 0.4) is 0 Å². The van der Waals surface area contributed by atoms with Crippen LogP contribution in [0, 0.1) is 0 Å². The molecule has 0 spiro atoms. The minimum absolute atomic E-state index is 0.974. The quantitative estimate of drug-likeness (QED) is 0.802. The van der Waals surface area contributed by atoms with E-state index in [0.29, 0.717) is 0 Å². The number of likely N-dealkylation sites (N-methyl/N-ethyl adjacent to an activating group) is 1. The van der Waals surface area contributed by atoms with Crippen LogP contribution in [0.4, 0.5) is 5.69 Å². The van der Waals surface area contributed by atoms with Crippen LogP contribution in [0.15, 0.2) is 24.3 Å². The number of benzene rings is 1. The van der Waals surface area contributed by atoms with Crippen molar-refractivity contribution in [2.45, 2.75) is 20.3 Å². The molecule has 1 aromatic rings. The summed E-state index contributed by atoms with van der Waals surface area (Å²) < 4.78 is 5.37. The van der Waals surface area contributed by atoms with Crippen molar-refractivity contribution in [3.8, 4) is 5.75 Å². The first kappa shape index (κ1) is 14.8. The second-order valence-electron chi connectivity index (χ2n) is 4.67. The standard InChI is InChI=1S/C12H18N2O.C3H8/c1-13-7-9-14(10-8-13)11-5-3-4-6-12(11)15-2;1-3-2/h3-6H,7-10H2,1-2H3;3H2,1-2H3. The number of methoxy groups -OCH3 is 1. The molecule has 0 atom stereocenters. The summed E-state index contributed by atoms with van der Waals surface area (Å²) in [6.45, 7) is 8.66. The molecular weight excluding hydrogens is 224 g/mol. The van der Waals surface area contributed by atoms with E-state index in [1.54, 1.807) is 7.11 Å². The molecule has 2 rings (SSSR count). The first-order valence-electron chi connectivity index (χ1n) is 6.79. The fourth-order valence-corrected chi connectivity index (χ4v) is 1.94. The molecule has 1 aliphatic heterocycles. The van der Waals surface area contributed by atoms with Crippen molar-refractivity contribution in [3.05, 3.63) is 24.3 Å². The van der Waals surface area contributed by atoms with Crippen molar-refractivity contribution in [2.24, 2.45) is 0 Å². The smallest absolute Gasteiger partial charge is 0.142 e. The van der Waals surface area contributed by atoms with Gasteiger partial charge in [-0.3, -0.25) is 0 Å². The number of hydrogen-bond donors (Lipinski definition) is 0. The van der Waals surface area contributed by atoms with E-state index in [0.717, 1.165) is 31.9 Å². The number of rotatable bonds is 2. The Kier molecular flexibility index (Phi) is 6.58. The number of para-hydroxylation sites is 2. The third-order valence-electron chi connectivity index (χ3n) is 2.93. The lowest BCUT2D eigenvalue weighted by atomic mass is 10.2. The Labute approximate surface area is 111 Å². The van der Waals surface area contributed by atoms with E-state index in [1.165, 1.54) is 12.1 Å². The van der Waals surface area contributed by atoms with Gasteiger partial charge in [0.05, 0.1) is 12.8 Å². The number of nitrogens with zero attached hydrogens (tertiary/aromatic N) is 2. The summed E-state index contributed by atoms with van der Waals surface area (Å²) in [4.78, 5) is 4.74. The molecular formula is C15H26N2O. The first-order chi connectivity index (χ1) is 8.72. The Morgan fingerprint density at radius 1 is 1.06 bits per heavy atom. The second kappa shape index (κ2) is 7.98. The van der Waals surface area contributed by atoms with Crippen LogP contribution >= 0.6 is 0 Å². The maximum Gasteiger partial charge on any atom is 0.142 e. The van der Waals surface area contributed by atoms with E-state index in [1.807, 2.05) is 12.1 Å². The minimum Gasteiger partial charge on any atom is -0.495 e. The highest BCUT2D eigenvalue weighted by molar-refractivity contribution is 5.58.